The van der Waals surface area contributed by atoms with E-state index in [0.29, 0.717) is 12.5 Å². The maximum atomic E-state index is 12.2. The highest BCUT2D eigenvalue weighted by Crippen LogP contribution is 2.20. The van der Waals surface area contributed by atoms with Crippen molar-refractivity contribution in [2.24, 2.45) is 0 Å². The Morgan fingerprint density at radius 1 is 1.09 bits per heavy atom. The Morgan fingerprint density at radius 3 is 2.64 bits per heavy atom. The number of rotatable bonds is 4. The third-order valence-electron chi connectivity index (χ3n) is 4.77. The van der Waals surface area contributed by atoms with Crippen molar-refractivity contribution < 1.29 is 4.79 Å². The molecule has 118 valence electrons. The molecular weight excluding hydrogens is 272 g/mol. The maximum absolute atomic E-state index is 12.2. The summed E-state index contributed by atoms with van der Waals surface area (Å²) in [5, 5.41) is 4.49. The molecule has 1 aromatic heterocycles. The van der Waals surface area contributed by atoms with Crippen molar-refractivity contribution in [3.63, 3.8) is 0 Å². The molecule has 0 spiro atoms. The minimum absolute atomic E-state index is 0.204. The van der Waals surface area contributed by atoms with E-state index in [1.54, 1.807) is 0 Å². The molecule has 3 rings (SSSR count). The average molecular weight is 298 g/mol. The van der Waals surface area contributed by atoms with Crippen LogP contribution in [-0.2, 0) is 11.2 Å². The Kier molecular flexibility index (Phi) is 5.15. The van der Waals surface area contributed by atoms with Gasteiger partial charge in [0.2, 0.25) is 5.91 Å². The number of carbonyl (C=O) groups is 1. The number of amides is 1. The number of hydrogen-bond acceptors (Lipinski definition) is 1. The number of carbonyl (C=O) groups excluding carboxylic acids is 1. The van der Waals surface area contributed by atoms with Crippen LogP contribution in [0, 0.1) is 0 Å². The molecule has 1 heterocycles. The molecule has 0 radical (unpaired) electrons. The van der Waals surface area contributed by atoms with Gasteiger partial charge < -0.3 is 10.3 Å². The molecule has 1 amide bonds. The number of aromatic nitrogens is 1. The van der Waals surface area contributed by atoms with Gasteiger partial charge in [-0.15, -0.1) is 0 Å². The van der Waals surface area contributed by atoms with E-state index in [-0.39, 0.29) is 5.91 Å². The van der Waals surface area contributed by atoms with Gasteiger partial charge in [0.05, 0.1) is 0 Å². The molecule has 0 bridgehead atoms. The highest BCUT2D eigenvalue weighted by Gasteiger charge is 2.14. The normalized spacial score (nSPS) is 17.1. The number of H-pyrrole nitrogens is 1. The molecule has 0 aliphatic heterocycles. The lowest BCUT2D eigenvalue weighted by molar-refractivity contribution is -0.121. The quantitative estimate of drug-likeness (QED) is 0.867. The number of aryl methyl sites for hydroxylation is 1. The Hall–Kier alpha value is -1.77. The van der Waals surface area contributed by atoms with Crippen molar-refractivity contribution in [2.75, 3.05) is 0 Å². The van der Waals surface area contributed by atoms with Gasteiger partial charge in [-0.1, -0.05) is 50.3 Å². The molecule has 3 heteroatoms. The van der Waals surface area contributed by atoms with Gasteiger partial charge in [0.1, 0.15) is 0 Å². The molecule has 1 aliphatic carbocycles. The Bertz CT molecular complexity index is 609. The summed E-state index contributed by atoms with van der Waals surface area (Å²) in [6, 6.07) is 8.68. The summed E-state index contributed by atoms with van der Waals surface area (Å²) in [5.41, 5.74) is 2.39. The van der Waals surface area contributed by atoms with Crippen LogP contribution in [-0.4, -0.2) is 16.9 Å². The predicted molar refractivity (Wildman–Crippen MR) is 90.9 cm³/mol. The lowest BCUT2D eigenvalue weighted by Crippen LogP contribution is -2.35. The fourth-order valence-electron chi connectivity index (χ4n) is 3.49. The number of para-hydroxylation sites is 1. The summed E-state index contributed by atoms with van der Waals surface area (Å²) in [5.74, 6) is 0.204. The molecule has 0 saturated heterocycles. The fraction of sp³-hybridized carbons (Fsp3) is 0.526. The van der Waals surface area contributed by atoms with E-state index in [2.05, 4.69) is 22.4 Å². The van der Waals surface area contributed by atoms with E-state index in [0.717, 1.165) is 24.8 Å². The maximum Gasteiger partial charge on any atom is 0.220 e. The number of aromatic amines is 1. The van der Waals surface area contributed by atoms with E-state index in [1.807, 2.05) is 18.3 Å². The van der Waals surface area contributed by atoms with Gasteiger partial charge in [-0.3, -0.25) is 4.79 Å². The lowest BCUT2D eigenvalue weighted by Gasteiger charge is -2.21. The van der Waals surface area contributed by atoms with Crippen LogP contribution in [0.1, 0.15) is 56.9 Å². The molecule has 1 saturated carbocycles. The molecule has 0 unspecified atom stereocenters. The highest BCUT2D eigenvalue weighted by molar-refractivity contribution is 5.84. The van der Waals surface area contributed by atoms with Crippen LogP contribution in [0.25, 0.3) is 10.9 Å². The first-order chi connectivity index (χ1) is 10.8. The lowest BCUT2D eigenvalue weighted by atomic mass is 9.96. The zero-order chi connectivity index (χ0) is 15.2. The first-order valence-corrected chi connectivity index (χ1v) is 8.67. The summed E-state index contributed by atoms with van der Waals surface area (Å²) in [7, 11) is 0. The second kappa shape index (κ2) is 7.48. The summed E-state index contributed by atoms with van der Waals surface area (Å²) in [6.45, 7) is 0. The SMILES string of the molecule is O=C(CCc1c[nH]c2ccccc12)NC1CCCCCCC1. The van der Waals surface area contributed by atoms with E-state index < -0.39 is 0 Å². The second-order valence-electron chi connectivity index (χ2n) is 6.47. The van der Waals surface area contributed by atoms with Gasteiger partial charge in [-0.2, -0.15) is 0 Å². The molecule has 1 aliphatic rings. The number of fused-ring (bicyclic) bond motifs is 1. The van der Waals surface area contributed by atoms with Crippen molar-refractivity contribution in [2.45, 2.75) is 63.8 Å². The Labute approximate surface area is 132 Å². The number of hydrogen-bond donors (Lipinski definition) is 2. The van der Waals surface area contributed by atoms with Gasteiger partial charge in [0.15, 0.2) is 0 Å². The van der Waals surface area contributed by atoms with E-state index in [4.69, 9.17) is 0 Å². The first-order valence-electron chi connectivity index (χ1n) is 8.67. The van der Waals surface area contributed by atoms with Gasteiger partial charge in [0.25, 0.3) is 0 Å². The van der Waals surface area contributed by atoms with E-state index in [9.17, 15) is 4.79 Å². The van der Waals surface area contributed by atoms with Gasteiger partial charge in [-0.05, 0) is 30.9 Å². The van der Waals surface area contributed by atoms with Gasteiger partial charge in [0, 0.05) is 29.6 Å². The Balaban J connectivity index is 1.51. The topological polar surface area (TPSA) is 44.9 Å². The highest BCUT2D eigenvalue weighted by atomic mass is 16.1. The van der Waals surface area contributed by atoms with Crippen LogP contribution in [0.2, 0.25) is 0 Å². The molecular formula is C19H26N2O. The number of nitrogens with one attached hydrogen (secondary N) is 2. The summed E-state index contributed by atoms with van der Waals surface area (Å²) >= 11 is 0. The van der Waals surface area contributed by atoms with Crippen LogP contribution in [0.4, 0.5) is 0 Å². The van der Waals surface area contributed by atoms with Crippen LogP contribution >= 0.6 is 0 Å². The van der Waals surface area contributed by atoms with Crippen molar-refractivity contribution in [3.05, 3.63) is 36.0 Å². The summed E-state index contributed by atoms with van der Waals surface area (Å²) in [6.07, 6.45) is 12.2. The van der Waals surface area contributed by atoms with Crippen LogP contribution in [0.5, 0.6) is 0 Å². The standard InChI is InChI=1S/C19H26N2O/c22-19(21-16-8-4-2-1-3-5-9-16)13-12-15-14-20-18-11-7-6-10-17(15)18/h6-7,10-11,14,16,20H,1-5,8-9,12-13H2,(H,21,22). The molecule has 3 nitrogen and oxygen atoms in total. The average Bonchev–Trinajstić information content (AvgIpc) is 2.91. The molecule has 2 aromatic rings. The second-order valence-corrected chi connectivity index (χ2v) is 6.47. The summed E-state index contributed by atoms with van der Waals surface area (Å²) < 4.78 is 0. The van der Waals surface area contributed by atoms with Gasteiger partial charge >= 0.3 is 0 Å². The zero-order valence-electron chi connectivity index (χ0n) is 13.2. The third kappa shape index (κ3) is 3.90. The predicted octanol–water partition coefficient (Wildman–Crippen LogP) is 4.33. The summed E-state index contributed by atoms with van der Waals surface area (Å²) in [4.78, 5) is 15.5. The molecule has 2 N–H and O–H groups in total. The van der Waals surface area contributed by atoms with Crippen molar-refractivity contribution >= 4 is 16.8 Å². The Morgan fingerprint density at radius 2 is 1.82 bits per heavy atom. The van der Waals surface area contributed by atoms with Crippen molar-refractivity contribution in [1.82, 2.24) is 10.3 Å². The van der Waals surface area contributed by atoms with Crippen LogP contribution in [0.3, 0.4) is 0 Å². The van der Waals surface area contributed by atoms with Crippen molar-refractivity contribution in [3.8, 4) is 0 Å². The minimum atomic E-state index is 0.204. The van der Waals surface area contributed by atoms with Crippen LogP contribution < -0.4 is 5.32 Å². The molecule has 1 aromatic carbocycles. The van der Waals surface area contributed by atoms with Gasteiger partial charge in [-0.25, -0.2) is 0 Å². The largest absolute Gasteiger partial charge is 0.361 e. The first kappa shape index (κ1) is 15.1. The van der Waals surface area contributed by atoms with Crippen LogP contribution in [0.15, 0.2) is 30.5 Å². The van der Waals surface area contributed by atoms with E-state index >= 15 is 0 Å². The van der Waals surface area contributed by atoms with E-state index in [1.165, 1.54) is 43.1 Å². The smallest absolute Gasteiger partial charge is 0.220 e. The molecule has 1 fully saturated rings. The fourth-order valence-corrected chi connectivity index (χ4v) is 3.49. The zero-order valence-corrected chi connectivity index (χ0v) is 13.2. The monoisotopic (exact) mass is 298 g/mol. The molecule has 0 atom stereocenters. The molecule has 22 heavy (non-hydrogen) atoms. The van der Waals surface area contributed by atoms with Crippen molar-refractivity contribution in [1.29, 1.82) is 0 Å². The third-order valence-corrected chi connectivity index (χ3v) is 4.77. The minimum Gasteiger partial charge on any atom is -0.361 e. The number of benzene rings is 1.